The van der Waals surface area contributed by atoms with Crippen LogP contribution in [0.1, 0.15) is 5.76 Å². The van der Waals surface area contributed by atoms with Crippen molar-refractivity contribution in [3.05, 3.63) is 45.0 Å². The van der Waals surface area contributed by atoms with Crippen LogP contribution in [0.4, 0.5) is 5.88 Å². The Kier molecular flexibility index (Phi) is 6.23. The molecule has 1 aromatic heterocycles. The first-order valence-corrected chi connectivity index (χ1v) is 8.21. The van der Waals surface area contributed by atoms with Crippen LogP contribution in [0.25, 0.3) is 0 Å². The van der Waals surface area contributed by atoms with E-state index in [0.29, 0.717) is 17.4 Å². The highest BCUT2D eigenvalue weighted by Crippen LogP contribution is 2.27. The minimum atomic E-state index is -0.361. The van der Waals surface area contributed by atoms with E-state index in [-0.39, 0.29) is 12.5 Å². The maximum Gasteiger partial charge on any atom is 0.277 e. The van der Waals surface area contributed by atoms with E-state index in [4.69, 9.17) is 9.15 Å². The Morgan fingerprint density at radius 3 is 2.83 bits per heavy atom. The molecule has 6 nitrogen and oxygen atoms in total. The molecule has 0 unspecified atom stereocenters. The average molecular weight is 445 g/mol. The molecular formula is C15H15Br2N3O3. The molecule has 0 atom stereocenters. The molecule has 0 aliphatic heterocycles. The number of amides is 1. The fourth-order valence-corrected chi connectivity index (χ4v) is 2.69. The van der Waals surface area contributed by atoms with Gasteiger partial charge in [0, 0.05) is 24.6 Å². The van der Waals surface area contributed by atoms with Crippen LogP contribution in [0, 0.1) is 0 Å². The number of halogens is 2. The van der Waals surface area contributed by atoms with Gasteiger partial charge in [0.15, 0.2) is 12.4 Å². The standard InChI is InChI=1S/C15H15Br2N3O3/c1-20(2)15-13(17)7-12(23-15)8-18-19-14(21)9-22-11-5-3-4-10(16)6-11/h3-8H,9H2,1-2H3,(H,19,21)/b18-8+. The molecule has 0 radical (unpaired) electrons. The number of furan rings is 1. The molecule has 1 heterocycles. The first-order valence-electron chi connectivity index (χ1n) is 6.62. The third-order valence-electron chi connectivity index (χ3n) is 2.64. The Hall–Kier alpha value is -1.80. The second-order valence-corrected chi connectivity index (χ2v) is 6.51. The van der Waals surface area contributed by atoms with Crippen LogP contribution in [0.2, 0.25) is 0 Å². The second-order valence-electron chi connectivity index (χ2n) is 4.74. The van der Waals surface area contributed by atoms with E-state index in [1.165, 1.54) is 6.21 Å². The van der Waals surface area contributed by atoms with Gasteiger partial charge in [-0.1, -0.05) is 22.0 Å². The van der Waals surface area contributed by atoms with Crippen LogP contribution >= 0.6 is 31.9 Å². The highest BCUT2D eigenvalue weighted by atomic mass is 79.9. The number of nitrogens with one attached hydrogen (secondary N) is 1. The lowest BCUT2D eigenvalue weighted by molar-refractivity contribution is -0.123. The van der Waals surface area contributed by atoms with Crippen molar-refractivity contribution in [3.8, 4) is 5.75 Å². The fraction of sp³-hybridized carbons (Fsp3) is 0.200. The topological polar surface area (TPSA) is 67.1 Å². The number of nitrogens with zero attached hydrogens (tertiary/aromatic N) is 2. The molecule has 0 bridgehead atoms. The van der Waals surface area contributed by atoms with Crippen molar-refractivity contribution in [1.29, 1.82) is 0 Å². The first kappa shape index (κ1) is 17.6. The van der Waals surface area contributed by atoms with Crippen molar-refractivity contribution >= 4 is 49.9 Å². The van der Waals surface area contributed by atoms with Crippen LogP contribution in [-0.4, -0.2) is 32.8 Å². The molecule has 0 fully saturated rings. The quantitative estimate of drug-likeness (QED) is 0.547. The molecule has 2 aromatic rings. The number of carbonyl (C=O) groups is 1. The van der Waals surface area contributed by atoms with Crippen LogP contribution in [0.15, 0.2) is 48.8 Å². The van der Waals surface area contributed by atoms with Crippen molar-refractivity contribution in [3.63, 3.8) is 0 Å². The fourth-order valence-electron chi connectivity index (χ4n) is 1.65. The molecule has 1 aromatic carbocycles. The van der Waals surface area contributed by atoms with E-state index in [1.807, 2.05) is 31.1 Å². The van der Waals surface area contributed by atoms with Crippen molar-refractivity contribution in [1.82, 2.24) is 5.43 Å². The monoisotopic (exact) mass is 443 g/mol. The summed E-state index contributed by atoms with van der Waals surface area (Å²) in [4.78, 5) is 13.5. The molecule has 1 N–H and O–H groups in total. The third kappa shape index (κ3) is 5.40. The third-order valence-corrected chi connectivity index (χ3v) is 3.70. The van der Waals surface area contributed by atoms with Gasteiger partial charge < -0.3 is 14.1 Å². The molecule has 23 heavy (non-hydrogen) atoms. The average Bonchev–Trinajstić information content (AvgIpc) is 2.86. The summed E-state index contributed by atoms with van der Waals surface area (Å²) in [6, 6.07) is 9.01. The summed E-state index contributed by atoms with van der Waals surface area (Å²) in [6.07, 6.45) is 1.43. The van der Waals surface area contributed by atoms with Gasteiger partial charge in [0.1, 0.15) is 5.75 Å². The number of anilines is 1. The SMILES string of the molecule is CN(C)c1oc(/C=N/NC(=O)COc2cccc(Br)c2)cc1Br. The van der Waals surface area contributed by atoms with Crippen molar-refractivity contribution in [2.24, 2.45) is 5.10 Å². The summed E-state index contributed by atoms with van der Waals surface area (Å²) >= 11 is 6.72. The van der Waals surface area contributed by atoms with Gasteiger partial charge in [-0.05, 0) is 34.1 Å². The van der Waals surface area contributed by atoms with Gasteiger partial charge in [-0.3, -0.25) is 4.79 Å². The number of hydrogen-bond acceptors (Lipinski definition) is 5. The van der Waals surface area contributed by atoms with E-state index >= 15 is 0 Å². The number of benzene rings is 1. The first-order chi connectivity index (χ1) is 11.0. The summed E-state index contributed by atoms with van der Waals surface area (Å²) in [5.41, 5.74) is 2.38. The zero-order valence-electron chi connectivity index (χ0n) is 12.5. The van der Waals surface area contributed by atoms with Gasteiger partial charge in [-0.25, -0.2) is 5.43 Å². The smallest absolute Gasteiger partial charge is 0.277 e. The van der Waals surface area contributed by atoms with Crippen LogP contribution < -0.4 is 15.1 Å². The minimum Gasteiger partial charge on any atom is -0.484 e. The zero-order valence-corrected chi connectivity index (χ0v) is 15.7. The number of hydrazone groups is 1. The minimum absolute atomic E-state index is 0.126. The summed E-state index contributed by atoms with van der Waals surface area (Å²) in [7, 11) is 3.73. The van der Waals surface area contributed by atoms with E-state index in [9.17, 15) is 4.79 Å². The summed E-state index contributed by atoms with van der Waals surface area (Å²) in [5.74, 6) is 1.44. The lowest BCUT2D eigenvalue weighted by Gasteiger charge is -2.07. The number of ether oxygens (including phenoxy) is 1. The largest absolute Gasteiger partial charge is 0.484 e. The Labute approximate surface area is 150 Å². The summed E-state index contributed by atoms with van der Waals surface area (Å²) in [6.45, 7) is -0.126. The maximum atomic E-state index is 11.7. The Morgan fingerprint density at radius 2 is 2.17 bits per heavy atom. The molecule has 1 amide bonds. The Morgan fingerprint density at radius 1 is 1.39 bits per heavy atom. The second kappa shape index (κ2) is 8.16. The molecule has 8 heteroatoms. The van der Waals surface area contributed by atoms with Crippen molar-refractivity contribution in [2.45, 2.75) is 0 Å². The molecule has 0 spiro atoms. The van der Waals surface area contributed by atoms with E-state index in [2.05, 4.69) is 42.4 Å². The number of rotatable bonds is 6. The van der Waals surface area contributed by atoms with Gasteiger partial charge >= 0.3 is 0 Å². The van der Waals surface area contributed by atoms with Gasteiger partial charge in [0.05, 0.1) is 10.7 Å². The highest BCUT2D eigenvalue weighted by Gasteiger charge is 2.09. The molecule has 2 rings (SSSR count). The predicted molar refractivity (Wildman–Crippen MR) is 96.1 cm³/mol. The molecule has 0 aliphatic rings. The zero-order chi connectivity index (χ0) is 16.8. The van der Waals surface area contributed by atoms with Gasteiger partial charge in [-0.15, -0.1) is 0 Å². The van der Waals surface area contributed by atoms with E-state index in [1.54, 1.807) is 18.2 Å². The summed E-state index contributed by atoms with van der Waals surface area (Å²) in [5, 5.41) is 3.84. The molecule has 0 aliphatic carbocycles. The predicted octanol–water partition coefficient (Wildman–Crippen LogP) is 3.40. The summed E-state index contributed by atoms with van der Waals surface area (Å²) < 4.78 is 12.6. The molecule has 0 saturated carbocycles. The highest BCUT2D eigenvalue weighted by molar-refractivity contribution is 9.10. The molecule has 122 valence electrons. The van der Waals surface area contributed by atoms with Crippen LogP contribution in [0.3, 0.4) is 0 Å². The number of hydrogen-bond donors (Lipinski definition) is 1. The Balaban J connectivity index is 1.83. The van der Waals surface area contributed by atoms with E-state index < -0.39 is 0 Å². The molecule has 0 saturated heterocycles. The number of carbonyl (C=O) groups excluding carboxylic acids is 1. The lowest BCUT2D eigenvalue weighted by atomic mass is 10.3. The van der Waals surface area contributed by atoms with Crippen LogP contribution in [-0.2, 0) is 4.79 Å². The Bertz CT molecular complexity index is 714. The van der Waals surface area contributed by atoms with Gasteiger partial charge in [0.25, 0.3) is 5.91 Å². The lowest BCUT2D eigenvalue weighted by Crippen LogP contribution is -2.24. The van der Waals surface area contributed by atoms with Crippen LogP contribution in [0.5, 0.6) is 5.75 Å². The maximum absolute atomic E-state index is 11.7. The normalized spacial score (nSPS) is 10.8. The van der Waals surface area contributed by atoms with Crippen molar-refractivity contribution in [2.75, 3.05) is 25.6 Å². The molecular weight excluding hydrogens is 430 g/mol. The van der Waals surface area contributed by atoms with Gasteiger partial charge in [-0.2, -0.15) is 5.10 Å². The van der Waals surface area contributed by atoms with E-state index in [0.717, 1.165) is 8.95 Å². The van der Waals surface area contributed by atoms with Gasteiger partial charge in [0.2, 0.25) is 5.88 Å². The van der Waals surface area contributed by atoms with Crippen molar-refractivity contribution < 1.29 is 13.9 Å².